The topological polar surface area (TPSA) is 35.5 Å². The molecule has 1 unspecified atom stereocenters. The van der Waals surface area contributed by atoms with Crippen LogP contribution in [0, 0.1) is 5.82 Å². The van der Waals surface area contributed by atoms with E-state index < -0.39 is 5.60 Å². The zero-order valence-electron chi connectivity index (χ0n) is 13.3. The SMILES string of the molecule is CN(C)CC(C)(O)CNCc1ccc(-c2ccc(F)cc2)s1. The van der Waals surface area contributed by atoms with Gasteiger partial charge in [-0.3, -0.25) is 0 Å². The number of nitrogens with one attached hydrogen (secondary N) is 1. The molecule has 0 bridgehead atoms. The summed E-state index contributed by atoms with van der Waals surface area (Å²) >= 11 is 1.68. The van der Waals surface area contributed by atoms with Crippen molar-refractivity contribution < 1.29 is 9.50 Å². The predicted molar refractivity (Wildman–Crippen MR) is 90.6 cm³/mol. The number of hydrogen-bond acceptors (Lipinski definition) is 4. The van der Waals surface area contributed by atoms with Crippen LogP contribution in [0.25, 0.3) is 10.4 Å². The second-order valence-corrected chi connectivity index (χ2v) is 7.28. The number of halogens is 1. The van der Waals surface area contributed by atoms with Gasteiger partial charge in [-0.25, -0.2) is 4.39 Å². The number of likely N-dealkylation sites (N-methyl/N-ethyl adjacent to an activating group) is 1. The van der Waals surface area contributed by atoms with Crippen LogP contribution in [0.15, 0.2) is 36.4 Å². The largest absolute Gasteiger partial charge is 0.388 e. The van der Waals surface area contributed by atoms with Gasteiger partial charge in [-0.1, -0.05) is 12.1 Å². The number of benzene rings is 1. The molecule has 1 atom stereocenters. The van der Waals surface area contributed by atoms with Crippen LogP contribution in [0.2, 0.25) is 0 Å². The monoisotopic (exact) mass is 322 g/mol. The Hall–Kier alpha value is -1.27. The van der Waals surface area contributed by atoms with Crippen LogP contribution in [-0.2, 0) is 6.54 Å². The molecule has 0 aliphatic heterocycles. The summed E-state index contributed by atoms with van der Waals surface area (Å²) in [6.07, 6.45) is 0. The molecule has 1 aromatic carbocycles. The normalized spacial score (nSPS) is 14.3. The maximum absolute atomic E-state index is 12.9. The first-order valence-corrected chi connectivity index (χ1v) is 8.10. The minimum atomic E-state index is -0.749. The van der Waals surface area contributed by atoms with Crippen LogP contribution in [0.1, 0.15) is 11.8 Å². The Kier molecular flexibility index (Phi) is 5.69. The van der Waals surface area contributed by atoms with Crippen molar-refractivity contribution in [2.45, 2.75) is 19.1 Å². The van der Waals surface area contributed by atoms with Gasteiger partial charge in [0.2, 0.25) is 0 Å². The Bertz CT molecular complexity index is 593. The Labute approximate surface area is 135 Å². The number of rotatable bonds is 7. The van der Waals surface area contributed by atoms with E-state index >= 15 is 0 Å². The third-order valence-corrected chi connectivity index (χ3v) is 4.39. The Morgan fingerprint density at radius 1 is 1.18 bits per heavy atom. The molecule has 0 fully saturated rings. The van der Waals surface area contributed by atoms with Gasteiger partial charge in [0.15, 0.2) is 0 Å². The average Bonchev–Trinajstić information content (AvgIpc) is 2.86. The van der Waals surface area contributed by atoms with Gasteiger partial charge in [0, 0.05) is 29.4 Å². The molecule has 22 heavy (non-hydrogen) atoms. The fourth-order valence-corrected chi connectivity index (χ4v) is 3.42. The highest BCUT2D eigenvalue weighted by molar-refractivity contribution is 7.15. The average molecular weight is 322 g/mol. The lowest BCUT2D eigenvalue weighted by molar-refractivity contribution is 0.0336. The maximum atomic E-state index is 12.9. The van der Waals surface area contributed by atoms with E-state index in [4.69, 9.17) is 0 Å². The van der Waals surface area contributed by atoms with Gasteiger partial charge >= 0.3 is 0 Å². The second kappa shape index (κ2) is 7.33. The number of hydrogen-bond donors (Lipinski definition) is 2. The fourth-order valence-electron chi connectivity index (χ4n) is 2.43. The molecule has 0 amide bonds. The highest BCUT2D eigenvalue weighted by Crippen LogP contribution is 2.28. The standard InChI is InChI=1S/C17H23FN2OS/c1-17(21,12-20(2)3)11-19-10-15-8-9-16(22-15)13-4-6-14(18)7-5-13/h4-9,19,21H,10-12H2,1-3H3. The fraction of sp³-hybridized carbons (Fsp3) is 0.412. The molecule has 0 aliphatic carbocycles. The first kappa shape index (κ1) is 17.1. The zero-order chi connectivity index (χ0) is 16.2. The lowest BCUT2D eigenvalue weighted by Crippen LogP contribution is -2.45. The van der Waals surface area contributed by atoms with E-state index in [-0.39, 0.29) is 5.82 Å². The maximum Gasteiger partial charge on any atom is 0.123 e. The van der Waals surface area contributed by atoms with Gasteiger partial charge in [-0.05, 0) is 50.8 Å². The van der Waals surface area contributed by atoms with E-state index in [0.717, 1.165) is 17.0 Å². The molecular weight excluding hydrogens is 299 g/mol. The molecule has 3 nitrogen and oxygen atoms in total. The minimum Gasteiger partial charge on any atom is -0.388 e. The van der Waals surface area contributed by atoms with E-state index in [9.17, 15) is 9.50 Å². The van der Waals surface area contributed by atoms with Crippen molar-refractivity contribution in [3.05, 3.63) is 47.1 Å². The van der Waals surface area contributed by atoms with Crippen molar-refractivity contribution in [1.82, 2.24) is 10.2 Å². The van der Waals surface area contributed by atoms with Gasteiger partial charge in [-0.2, -0.15) is 0 Å². The van der Waals surface area contributed by atoms with Crippen molar-refractivity contribution in [3.63, 3.8) is 0 Å². The summed E-state index contributed by atoms with van der Waals surface area (Å²) in [4.78, 5) is 4.29. The minimum absolute atomic E-state index is 0.217. The molecule has 1 aromatic heterocycles. The highest BCUT2D eigenvalue weighted by Gasteiger charge is 2.20. The molecule has 0 aliphatic rings. The van der Waals surface area contributed by atoms with Crippen molar-refractivity contribution >= 4 is 11.3 Å². The van der Waals surface area contributed by atoms with Crippen LogP contribution < -0.4 is 5.32 Å². The molecule has 2 rings (SSSR count). The Balaban J connectivity index is 1.89. The van der Waals surface area contributed by atoms with Crippen LogP contribution in [0.3, 0.4) is 0 Å². The van der Waals surface area contributed by atoms with Crippen molar-refractivity contribution in [2.75, 3.05) is 27.2 Å². The molecule has 120 valence electrons. The highest BCUT2D eigenvalue weighted by atomic mass is 32.1. The van der Waals surface area contributed by atoms with Gasteiger partial charge in [0.05, 0.1) is 5.60 Å². The molecular formula is C17H23FN2OS. The molecule has 1 heterocycles. The molecule has 2 aromatic rings. The van der Waals surface area contributed by atoms with Crippen LogP contribution in [0.5, 0.6) is 0 Å². The zero-order valence-corrected chi connectivity index (χ0v) is 14.1. The summed E-state index contributed by atoms with van der Waals surface area (Å²) in [6.45, 7) is 3.70. The summed E-state index contributed by atoms with van der Waals surface area (Å²) in [5, 5.41) is 13.5. The summed E-state index contributed by atoms with van der Waals surface area (Å²) in [5.74, 6) is -0.217. The second-order valence-electron chi connectivity index (χ2n) is 6.11. The van der Waals surface area contributed by atoms with Gasteiger partial charge < -0.3 is 15.3 Å². The van der Waals surface area contributed by atoms with Crippen LogP contribution >= 0.6 is 11.3 Å². The Morgan fingerprint density at radius 3 is 2.50 bits per heavy atom. The lowest BCUT2D eigenvalue weighted by Gasteiger charge is -2.27. The summed E-state index contributed by atoms with van der Waals surface area (Å²) in [7, 11) is 3.89. The molecule has 0 radical (unpaired) electrons. The summed E-state index contributed by atoms with van der Waals surface area (Å²) < 4.78 is 12.9. The quantitative estimate of drug-likeness (QED) is 0.823. The third-order valence-electron chi connectivity index (χ3n) is 3.25. The molecule has 0 saturated carbocycles. The van der Waals surface area contributed by atoms with Crippen molar-refractivity contribution in [1.29, 1.82) is 0 Å². The Morgan fingerprint density at radius 2 is 1.86 bits per heavy atom. The van der Waals surface area contributed by atoms with E-state index in [1.807, 2.05) is 32.0 Å². The van der Waals surface area contributed by atoms with Gasteiger partial charge in [-0.15, -0.1) is 11.3 Å². The molecule has 5 heteroatoms. The van der Waals surface area contributed by atoms with Gasteiger partial charge in [0.1, 0.15) is 5.82 Å². The number of nitrogens with zero attached hydrogens (tertiary/aromatic N) is 1. The van der Waals surface area contributed by atoms with E-state index in [1.54, 1.807) is 23.5 Å². The van der Waals surface area contributed by atoms with Crippen molar-refractivity contribution in [3.8, 4) is 10.4 Å². The molecule has 0 saturated heterocycles. The van der Waals surface area contributed by atoms with E-state index in [0.29, 0.717) is 13.1 Å². The van der Waals surface area contributed by atoms with Gasteiger partial charge in [0.25, 0.3) is 0 Å². The number of aliphatic hydroxyl groups is 1. The third kappa shape index (κ3) is 5.18. The van der Waals surface area contributed by atoms with Crippen LogP contribution in [0.4, 0.5) is 4.39 Å². The van der Waals surface area contributed by atoms with Crippen LogP contribution in [-0.4, -0.2) is 42.8 Å². The molecule has 0 spiro atoms. The predicted octanol–water partition coefficient (Wildman–Crippen LogP) is 2.96. The lowest BCUT2D eigenvalue weighted by atomic mass is 10.1. The van der Waals surface area contributed by atoms with Crippen molar-refractivity contribution in [2.24, 2.45) is 0 Å². The number of thiophene rings is 1. The first-order chi connectivity index (χ1) is 10.4. The first-order valence-electron chi connectivity index (χ1n) is 7.28. The van der Waals surface area contributed by atoms with E-state index in [1.165, 1.54) is 17.0 Å². The van der Waals surface area contributed by atoms with E-state index in [2.05, 4.69) is 11.4 Å². The summed E-state index contributed by atoms with van der Waals surface area (Å²) in [6, 6.07) is 10.7. The molecule has 2 N–H and O–H groups in total. The summed E-state index contributed by atoms with van der Waals surface area (Å²) in [5.41, 5.74) is 0.276. The smallest absolute Gasteiger partial charge is 0.123 e.